The Bertz CT molecular complexity index is 4370. The van der Waals surface area contributed by atoms with E-state index in [-0.39, 0.29) is 5.75 Å². The lowest BCUT2D eigenvalue weighted by atomic mass is 9.90. The van der Waals surface area contributed by atoms with Crippen molar-refractivity contribution in [2.45, 2.75) is 53.4 Å². The molecule has 0 atom stereocenters. The summed E-state index contributed by atoms with van der Waals surface area (Å²) < 4.78 is 7.25. The molecule has 4 nitrogen and oxygen atoms in total. The number of anilines is 6. The fraction of sp³-hybridized carbons (Fsp3) is 0.111. The van der Waals surface area contributed by atoms with Crippen LogP contribution in [0.2, 0.25) is 0 Å². The van der Waals surface area contributed by atoms with Crippen LogP contribution in [0.4, 0.5) is 34.1 Å². The number of furan rings is 1. The van der Waals surface area contributed by atoms with Crippen molar-refractivity contribution in [3.63, 3.8) is 0 Å². The van der Waals surface area contributed by atoms with Crippen molar-refractivity contribution in [2.75, 3.05) is 9.80 Å². The maximum atomic E-state index is 12.8. The molecule has 0 bridgehead atoms. The molecule has 0 aliphatic carbocycles. The van der Waals surface area contributed by atoms with E-state index in [2.05, 4.69) is 264 Å². The van der Waals surface area contributed by atoms with Crippen LogP contribution in [-0.4, -0.2) is 5.11 Å². The first-order valence-electron chi connectivity index (χ1n) is 26.6. The highest BCUT2D eigenvalue weighted by molar-refractivity contribution is 6.28. The lowest BCUT2D eigenvalue weighted by Crippen LogP contribution is -2.13. The minimum absolute atomic E-state index is 0.220. The van der Waals surface area contributed by atoms with Crippen molar-refractivity contribution < 1.29 is 9.52 Å². The van der Waals surface area contributed by atoms with Gasteiger partial charge in [0.25, 0.3) is 0 Å². The second-order valence-electron chi connectivity index (χ2n) is 21.0. The van der Waals surface area contributed by atoms with Crippen LogP contribution < -0.4 is 9.80 Å². The van der Waals surface area contributed by atoms with Crippen LogP contribution in [0.25, 0.3) is 87.6 Å². The lowest BCUT2D eigenvalue weighted by molar-refractivity contribution is 0.478. The molecule has 12 aromatic carbocycles. The largest absolute Gasteiger partial charge is 0.505 e. The number of phenols is 1. The quantitative estimate of drug-likeness (QED) is 0.131. The van der Waals surface area contributed by atoms with Crippen molar-refractivity contribution in [3.8, 4) is 39.1 Å². The Morgan fingerprint density at radius 2 is 0.776 bits per heavy atom. The minimum Gasteiger partial charge on any atom is -0.505 e. The number of hydrogen-bond acceptors (Lipinski definition) is 4. The highest BCUT2D eigenvalue weighted by atomic mass is 16.3. The zero-order valence-corrected chi connectivity index (χ0v) is 43.8. The highest BCUT2D eigenvalue weighted by Crippen LogP contribution is 2.52. The van der Waals surface area contributed by atoms with Gasteiger partial charge in [0.05, 0.1) is 22.7 Å². The van der Waals surface area contributed by atoms with E-state index in [4.69, 9.17) is 4.42 Å². The van der Waals surface area contributed by atoms with Crippen LogP contribution in [0.3, 0.4) is 0 Å². The molecule has 4 heteroatoms. The zero-order valence-electron chi connectivity index (χ0n) is 43.8. The van der Waals surface area contributed by atoms with Gasteiger partial charge in [-0.2, -0.15) is 0 Å². The Labute approximate surface area is 444 Å². The van der Waals surface area contributed by atoms with Gasteiger partial charge in [-0.05, 0) is 134 Å². The van der Waals surface area contributed by atoms with Gasteiger partial charge in [0.15, 0.2) is 5.58 Å². The molecule has 0 spiro atoms. The summed E-state index contributed by atoms with van der Waals surface area (Å²) in [6.45, 7) is 13.3. The minimum atomic E-state index is 0.220. The Morgan fingerprint density at radius 1 is 0.342 bits per heavy atom. The van der Waals surface area contributed by atoms with Gasteiger partial charge in [-0.15, -0.1) is 0 Å². The number of aromatic hydroxyl groups is 1. The normalized spacial score (nSPS) is 11.8. The van der Waals surface area contributed by atoms with E-state index in [9.17, 15) is 5.11 Å². The van der Waals surface area contributed by atoms with Gasteiger partial charge in [-0.3, -0.25) is 0 Å². The molecule has 0 amide bonds. The van der Waals surface area contributed by atoms with Gasteiger partial charge in [0.1, 0.15) is 11.3 Å². The number of nitrogens with zero attached hydrogens (tertiary/aromatic N) is 2. The van der Waals surface area contributed by atoms with E-state index in [1.165, 1.54) is 33.0 Å². The van der Waals surface area contributed by atoms with E-state index in [0.717, 1.165) is 105 Å². The third-order valence-corrected chi connectivity index (χ3v) is 15.8. The summed E-state index contributed by atoms with van der Waals surface area (Å²) >= 11 is 0. The molecule has 368 valence electrons. The monoisotopic (exact) mass is 982 g/mol. The van der Waals surface area contributed by atoms with Crippen LogP contribution in [0.1, 0.15) is 61.8 Å². The van der Waals surface area contributed by atoms with E-state index < -0.39 is 0 Å². The SMILES string of the molecule is Cc1ccccc1N(c1cccc(-c2cccc(-c3ccccc3C(C)C)c2)c1O)c1ccc2ccc3c(N(c4ccccc4C)c4cccc5c4oc4c(-c6ccccc6C(C)C)cccc45)ccc4ccc1c2c43. The molecule has 13 rings (SSSR count). The fourth-order valence-electron chi connectivity index (χ4n) is 12.1. The second kappa shape index (κ2) is 18.7. The summed E-state index contributed by atoms with van der Waals surface area (Å²) in [5.74, 6) is 0.941. The summed E-state index contributed by atoms with van der Waals surface area (Å²) in [5.41, 5.74) is 18.7. The number of phenolic OH excluding ortho intramolecular Hbond substituents is 1. The van der Waals surface area contributed by atoms with Gasteiger partial charge >= 0.3 is 0 Å². The number of hydrogen-bond donors (Lipinski definition) is 1. The molecule has 0 fully saturated rings. The Kier molecular flexibility index (Phi) is 11.5. The topological polar surface area (TPSA) is 39.9 Å². The first-order valence-corrected chi connectivity index (χ1v) is 26.6. The predicted octanol–water partition coefficient (Wildman–Crippen LogP) is 21.0. The van der Waals surface area contributed by atoms with Crippen molar-refractivity contribution in [1.82, 2.24) is 0 Å². The average molecular weight is 983 g/mol. The molecular weight excluding hydrogens is 925 g/mol. The number of fused-ring (bicyclic) bond motifs is 3. The summed E-state index contributed by atoms with van der Waals surface area (Å²) in [6, 6.07) is 80.5. The van der Waals surface area contributed by atoms with Crippen LogP contribution in [0.5, 0.6) is 5.75 Å². The molecule has 0 radical (unpaired) electrons. The summed E-state index contributed by atoms with van der Waals surface area (Å²) in [7, 11) is 0. The molecule has 1 N–H and O–H groups in total. The van der Waals surface area contributed by atoms with E-state index in [1.54, 1.807) is 0 Å². The third-order valence-electron chi connectivity index (χ3n) is 15.8. The summed E-state index contributed by atoms with van der Waals surface area (Å²) in [5, 5.41) is 21.8. The van der Waals surface area contributed by atoms with Gasteiger partial charge in [0.2, 0.25) is 0 Å². The molecule has 0 aliphatic rings. The molecule has 0 saturated carbocycles. The summed E-state index contributed by atoms with van der Waals surface area (Å²) in [6.07, 6.45) is 0. The van der Waals surface area contributed by atoms with Gasteiger partial charge in [-0.1, -0.05) is 210 Å². The first-order chi connectivity index (χ1) is 37.1. The van der Waals surface area contributed by atoms with Crippen molar-refractivity contribution in [2.24, 2.45) is 0 Å². The number of para-hydroxylation sites is 5. The lowest BCUT2D eigenvalue weighted by Gasteiger charge is -2.31. The third kappa shape index (κ3) is 7.58. The first kappa shape index (κ1) is 46.7. The van der Waals surface area contributed by atoms with Gasteiger partial charge in [0, 0.05) is 44.0 Å². The van der Waals surface area contributed by atoms with Crippen molar-refractivity contribution >= 4 is 88.4 Å². The maximum Gasteiger partial charge on any atom is 0.159 e. The molecule has 1 heterocycles. The van der Waals surface area contributed by atoms with Crippen LogP contribution in [0, 0.1) is 13.8 Å². The molecule has 76 heavy (non-hydrogen) atoms. The molecule has 0 aliphatic heterocycles. The Morgan fingerprint density at radius 3 is 1.39 bits per heavy atom. The smallest absolute Gasteiger partial charge is 0.159 e. The van der Waals surface area contributed by atoms with E-state index in [1.807, 2.05) is 12.1 Å². The molecule has 1 aromatic heterocycles. The predicted molar refractivity (Wildman–Crippen MR) is 322 cm³/mol. The van der Waals surface area contributed by atoms with Crippen molar-refractivity contribution in [3.05, 3.63) is 247 Å². The van der Waals surface area contributed by atoms with Gasteiger partial charge in [-0.25, -0.2) is 0 Å². The summed E-state index contributed by atoms with van der Waals surface area (Å²) in [4.78, 5) is 4.67. The standard InChI is InChI=1S/C72H58N2O2/c1-44(2)52-23-9-11-25-54(52)50-21-15-22-51(43-50)55-27-17-33-66(70(55)75)73(62-31-13-7-19-46(62)5)64-41-37-48-36-40-61-65(42-38-49-35-39-60(64)68(48)69(49)61)74(63-32-14-8-20-47(63)6)67-34-18-30-59-58-29-16-28-57(71(58)76-72(59)67)56-26-12-10-24-53(56)45(3)4/h7-45,75H,1-6H3. The molecule has 0 saturated heterocycles. The van der Waals surface area contributed by atoms with E-state index >= 15 is 0 Å². The Balaban J connectivity index is 1.01. The maximum absolute atomic E-state index is 12.8. The molecule has 0 unspecified atom stereocenters. The number of benzene rings is 12. The fourth-order valence-corrected chi connectivity index (χ4v) is 12.1. The van der Waals surface area contributed by atoms with Gasteiger partial charge < -0.3 is 19.3 Å². The average Bonchev–Trinajstić information content (AvgIpc) is 3.88. The van der Waals surface area contributed by atoms with Crippen LogP contribution >= 0.6 is 0 Å². The van der Waals surface area contributed by atoms with Crippen LogP contribution in [0.15, 0.2) is 229 Å². The molecular formula is C72H58N2O2. The number of rotatable bonds is 11. The highest BCUT2D eigenvalue weighted by Gasteiger charge is 2.27. The van der Waals surface area contributed by atoms with Crippen LogP contribution in [-0.2, 0) is 0 Å². The molecule has 13 aromatic rings. The second-order valence-corrected chi connectivity index (χ2v) is 21.0. The number of aryl methyl sites for hydroxylation is 2. The Hall–Kier alpha value is -9.12. The zero-order chi connectivity index (χ0) is 51.8. The van der Waals surface area contributed by atoms with E-state index in [0.29, 0.717) is 17.5 Å². The van der Waals surface area contributed by atoms with Crippen molar-refractivity contribution in [1.29, 1.82) is 0 Å².